The molecule has 6 heteroatoms. The van der Waals surface area contributed by atoms with E-state index in [1.54, 1.807) is 0 Å². The molecule has 0 aliphatic carbocycles. The number of aryl methyl sites for hydroxylation is 2. The molecule has 24 heavy (non-hydrogen) atoms. The van der Waals surface area contributed by atoms with Crippen molar-refractivity contribution in [2.24, 2.45) is 11.7 Å². The van der Waals surface area contributed by atoms with Crippen LogP contribution in [0.4, 0.5) is 4.79 Å². The molecule has 6 nitrogen and oxygen atoms in total. The van der Waals surface area contributed by atoms with Gasteiger partial charge in [0.15, 0.2) is 0 Å². The SMILES string of the molecule is Cc1noc(C)c1CN1CCC([C@H]2CCCCCN2C(N)=O)CC1. The molecule has 2 N–H and O–H groups in total. The number of likely N-dealkylation sites (tertiary alicyclic amines) is 2. The third kappa shape index (κ3) is 3.74. The average molecular weight is 334 g/mol. The van der Waals surface area contributed by atoms with E-state index in [9.17, 15) is 4.79 Å². The minimum absolute atomic E-state index is 0.236. The Bertz CT molecular complexity index is 544. The summed E-state index contributed by atoms with van der Waals surface area (Å²) in [6.07, 6.45) is 6.90. The van der Waals surface area contributed by atoms with Crippen molar-refractivity contribution in [3.63, 3.8) is 0 Å². The van der Waals surface area contributed by atoms with Gasteiger partial charge >= 0.3 is 6.03 Å². The van der Waals surface area contributed by atoms with Crippen LogP contribution >= 0.6 is 0 Å². The fourth-order valence-electron chi connectivity index (χ4n) is 4.34. The van der Waals surface area contributed by atoms with Crippen LogP contribution in [-0.2, 0) is 6.54 Å². The van der Waals surface area contributed by atoms with Gasteiger partial charge in [0, 0.05) is 24.7 Å². The molecule has 2 amide bonds. The Morgan fingerprint density at radius 3 is 2.54 bits per heavy atom. The lowest BCUT2D eigenvalue weighted by Crippen LogP contribution is -2.49. The highest BCUT2D eigenvalue weighted by Gasteiger charge is 2.33. The van der Waals surface area contributed by atoms with Gasteiger partial charge in [0.2, 0.25) is 0 Å². The molecule has 0 bridgehead atoms. The number of carbonyl (C=O) groups excluding carboxylic acids is 1. The minimum atomic E-state index is -0.236. The van der Waals surface area contributed by atoms with E-state index in [1.165, 1.54) is 18.4 Å². The van der Waals surface area contributed by atoms with Crippen LogP contribution in [0.1, 0.15) is 55.5 Å². The van der Waals surface area contributed by atoms with Crippen LogP contribution in [0.15, 0.2) is 4.52 Å². The van der Waals surface area contributed by atoms with E-state index < -0.39 is 0 Å². The monoisotopic (exact) mass is 334 g/mol. The first-order chi connectivity index (χ1) is 11.6. The third-order valence-electron chi connectivity index (χ3n) is 5.82. The summed E-state index contributed by atoms with van der Waals surface area (Å²) in [7, 11) is 0. The first-order valence-electron chi connectivity index (χ1n) is 9.26. The number of hydrogen-bond acceptors (Lipinski definition) is 4. The number of aromatic nitrogens is 1. The summed E-state index contributed by atoms with van der Waals surface area (Å²) >= 11 is 0. The number of nitrogens with two attached hydrogens (primary N) is 1. The Kier molecular flexibility index (Phi) is 5.43. The molecular formula is C18H30N4O2. The van der Waals surface area contributed by atoms with Gasteiger partial charge in [-0.1, -0.05) is 18.0 Å². The Morgan fingerprint density at radius 2 is 1.92 bits per heavy atom. The molecule has 1 aromatic rings. The molecule has 1 aromatic heterocycles. The van der Waals surface area contributed by atoms with Gasteiger partial charge in [-0.25, -0.2) is 4.79 Å². The maximum atomic E-state index is 11.8. The predicted molar refractivity (Wildman–Crippen MR) is 92.5 cm³/mol. The molecule has 0 spiro atoms. The predicted octanol–water partition coefficient (Wildman–Crippen LogP) is 2.83. The molecule has 1 atom stereocenters. The summed E-state index contributed by atoms with van der Waals surface area (Å²) in [5, 5.41) is 4.05. The van der Waals surface area contributed by atoms with Crippen molar-refractivity contribution in [1.29, 1.82) is 0 Å². The smallest absolute Gasteiger partial charge is 0.315 e. The topological polar surface area (TPSA) is 75.6 Å². The Balaban J connectivity index is 1.58. The fraction of sp³-hybridized carbons (Fsp3) is 0.778. The number of nitrogens with zero attached hydrogens (tertiary/aromatic N) is 3. The Morgan fingerprint density at radius 1 is 1.17 bits per heavy atom. The lowest BCUT2D eigenvalue weighted by Gasteiger charge is -2.40. The molecule has 3 rings (SSSR count). The summed E-state index contributed by atoms with van der Waals surface area (Å²) in [4.78, 5) is 16.3. The average Bonchev–Trinajstić information content (AvgIpc) is 2.79. The maximum absolute atomic E-state index is 11.8. The van der Waals surface area contributed by atoms with E-state index in [1.807, 2.05) is 18.7 Å². The molecule has 2 aliphatic rings. The van der Waals surface area contributed by atoms with Crippen molar-refractivity contribution >= 4 is 6.03 Å². The fourth-order valence-corrected chi connectivity index (χ4v) is 4.34. The summed E-state index contributed by atoms with van der Waals surface area (Å²) in [5.74, 6) is 1.51. The van der Waals surface area contributed by atoms with Gasteiger partial charge in [0.05, 0.1) is 5.69 Å². The van der Waals surface area contributed by atoms with E-state index in [0.29, 0.717) is 12.0 Å². The normalized spacial score (nSPS) is 24.1. The van der Waals surface area contributed by atoms with E-state index >= 15 is 0 Å². The Labute approximate surface area is 144 Å². The zero-order chi connectivity index (χ0) is 17.1. The number of piperidine rings is 1. The molecular weight excluding hydrogens is 304 g/mol. The number of urea groups is 1. The molecule has 3 heterocycles. The second-order valence-corrected chi connectivity index (χ2v) is 7.36. The highest BCUT2D eigenvalue weighted by Crippen LogP contribution is 2.30. The molecule has 2 fully saturated rings. The molecule has 2 saturated heterocycles. The van der Waals surface area contributed by atoms with Crippen molar-refractivity contribution < 1.29 is 9.32 Å². The molecule has 0 saturated carbocycles. The van der Waals surface area contributed by atoms with Crippen LogP contribution in [0.2, 0.25) is 0 Å². The van der Waals surface area contributed by atoms with Crippen LogP contribution in [0.5, 0.6) is 0 Å². The first kappa shape index (κ1) is 17.3. The van der Waals surface area contributed by atoms with E-state index in [4.69, 9.17) is 10.3 Å². The second kappa shape index (κ2) is 7.55. The highest BCUT2D eigenvalue weighted by atomic mass is 16.5. The molecule has 134 valence electrons. The Hall–Kier alpha value is -1.56. The van der Waals surface area contributed by atoms with Crippen LogP contribution in [0.25, 0.3) is 0 Å². The van der Waals surface area contributed by atoms with Crippen molar-refractivity contribution in [2.45, 2.75) is 65.0 Å². The number of primary amides is 1. The van der Waals surface area contributed by atoms with Crippen molar-refractivity contribution in [1.82, 2.24) is 15.0 Å². The van der Waals surface area contributed by atoms with Crippen molar-refractivity contribution in [2.75, 3.05) is 19.6 Å². The lowest BCUT2D eigenvalue weighted by molar-refractivity contribution is 0.101. The maximum Gasteiger partial charge on any atom is 0.315 e. The standard InChI is InChI=1S/C18H30N4O2/c1-13-16(14(2)24-20-13)12-21-10-7-15(8-11-21)17-6-4-3-5-9-22(17)18(19)23/h15,17H,3-12H2,1-2H3,(H2,19,23)/t17-/m1/s1. The first-order valence-corrected chi connectivity index (χ1v) is 9.26. The summed E-state index contributed by atoms with van der Waals surface area (Å²) in [5.41, 5.74) is 7.87. The number of amides is 2. The third-order valence-corrected chi connectivity index (χ3v) is 5.82. The van der Waals surface area contributed by atoms with E-state index in [2.05, 4.69) is 10.1 Å². The summed E-state index contributed by atoms with van der Waals surface area (Å²) < 4.78 is 5.27. The highest BCUT2D eigenvalue weighted by molar-refractivity contribution is 5.72. The van der Waals surface area contributed by atoms with Crippen LogP contribution in [0.3, 0.4) is 0 Å². The number of rotatable bonds is 3. The van der Waals surface area contributed by atoms with E-state index in [0.717, 1.165) is 63.3 Å². The molecule has 2 aliphatic heterocycles. The van der Waals surface area contributed by atoms with Gasteiger partial charge in [0.1, 0.15) is 5.76 Å². The molecule has 0 radical (unpaired) electrons. The van der Waals surface area contributed by atoms with Gasteiger partial charge in [0.25, 0.3) is 0 Å². The number of hydrogen-bond donors (Lipinski definition) is 1. The van der Waals surface area contributed by atoms with Gasteiger partial charge in [-0.2, -0.15) is 0 Å². The molecule has 0 unspecified atom stereocenters. The molecule has 0 aromatic carbocycles. The van der Waals surface area contributed by atoms with Crippen molar-refractivity contribution in [3.05, 3.63) is 17.0 Å². The zero-order valence-electron chi connectivity index (χ0n) is 15.0. The van der Waals surface area contributed by atoms with Crippen molar-refractivity contribution in [3.8, 4) is 0 Å². The van der Waals surface area contributed by atoms with Gasteiger partial charge in [-0.15, -0.1) is 0 Å². The van der Waals surface area contributed by atoms with Gasteiger partial charge in [-0.05, 0) is 58.5 Å². The van der Waals surface area contributed by atoms with E-state index in [-0.39, 0.29) is 6.03 Å². The summed E-state index contributed by atoms with van der Waals surface area (Å²) in [6.45, 7) is 7.88. The second-order valence-electron chi connectivity index (χ2n) is 7.36. The summed E-state index contributed by atoms with van der Waals surface area (Å²) in [6, 6.07) is 0.103. The zero-order valence-corrected chi connectivity index (χ0v) is 15.0. The van der Waals surface area contributed by atoms with Crippen LogP contribution in [0, 0.1) is 19.8 Å². The number of carbonyl (C=O) groups is 1. The van der Waals surface area contributed by atoms with Gasteiger partial charge in [-0.3, -0.25) is 4.90 Å². The van der Waals surface area contributed by atoms with Crippen LogP contribution < -0.4 is 5.73 Å². The minimum Gasteiger partial charge on any atom is -0.361 e. The van der Waals surface area contributed by atoms with Gasteiger partial charge < -0.3 is 15.2 Å². The largest absolute Gasteiger partial charge is 0.361 e. The van der Waals surface area contributed by atoms with Crippen LogP contribution in [-0.4, -0.2) is 46.7 Å². The lowest BCUT2D eigenvalue weighted by atomic mass is 9.86. The quantitative estimate of drug-likeness (QED) is 0.922.